The molecular formula is C47H82NO7+. The molecule has 55 heavy (non-hydrogen) atoms. The van der Waals surface area contributed by atoms with E-state index in [-0.39, 0.29) is 42.7 Å². The normalized spacial score (nSPS) is 13.5. The van der Waals surface area contributed by atoms with Crippen molar-refractivity contribution >= 4 is 17.9 Å². The number of carboxylic acids is 1. The second kappa shape index (κ2) is 37.9. The minimum atomic E-state index is -0.888. The van der Waals surface area contributed by atoms with Crippen molar-refractivity contribution in [2.24, 2.45) is 0 Å². The molecule has 0 amide bonds. The highest BCUT2D eigenvalue weighted by molar-refractivity contribution is 5.72. The van der Waals surface area contributed by atoms with E-state index in [9.17, 15) is 19.5 Å². The second-order valence-corrected chi connectivity index (χ2v) is 15.7. The van der Waals surface area contributed by atoms with E-state index in [1.165, 1.54) is 70.6 Å². The number of aliphatic carboxylic acids is 1. The predicted molar refractivity (Wildman–Crippen MR) is 229 cm³/mol. The average Bonchev–Trinajstić information content (AvgIpc) is 3.14. The van der Waals surface area contributed by atoms with E-state index < -0.39 is 18.1 Å². The van der Waals surface area contributed by atoms with Crippen molar-refractivity contribution in [3.8, 4) is 0 Å². The summed E-state index contributed by atoms with van der Waals surface area (Å²) in [7, 11) is 5.49. The number of quaternary nitrogens is 1. The standard InChI is InChI=1S/C47H81NO7/c1-6-8-10-12-14-16-18-20-21-22-23-24-26-27-29-31-33-35-37-45(49)54-42-43(41-53-40-39-44(47(51)52)48(3,4)5)55-46(50)38-36-34-32-30-28-25-19-17-15-13-11-9-7-2/h18,20-25,28,32,34,43-44H,6-17,19,26-27,29-31,33,35-42H2,1-5H3/p+1/b20-18+,22-21+,24-23+,28-25+,34-32+. The van der Waals surface area contributed by atoms with Crippen LogP contribution in [0.1, 0.15) is 168 Å². The predicted octanol–water partition coefficient (Wildman–Crippen LogP) is 11.8. The van der Waals surface area contributed by atoms with Gasteiger partial charge in [-0.25, -0.2) is 4.79 Å². The summed E-state index contributed by atoms with van der Waals surface area (Å²) in [6.07, 6.45) is 45.6. The Morgan fingerprint density at radius 2 is 1.07 bits per heavy atom. The zero-order valence-electron chi connectivity index (χ0n) is 35.9. The van der Waals surface area contributed by atoms with Crippen LogP contribution in [0.5, 0.6) is 0 Å². The van der Waals surface area contributed by atoms with Crippen molar-refractivity contribution in [2.75, 3.05) is 41.0 Å². The van der Waals surface area contributed by atoms with Crippen LogP contribution in [0.4, 0.5) is 0 Å². The quantitative estimate of drug-likeness (QED) is 0.0219. The van der Waals surface area contributed by atoms with E-state index in [0.717, 1.165) is 57.8 Å². The lowest BCUT2D eigenvalue weighted by molar-refractivity contribution is -0.887. The van der Waals surface area contributed by atoms with Gasteiger partial charge in [-0.2, -0.15) is 0 Å². The second-order valence-electron chi connectivity index (χ2n) is 15.7. The molecule has 316 valence electrons. The van der Waals surface area contributed by atoms with Gasteiger partial charge < -0.3 is 23.8 Å². The molecule has 0 saturated carbocycles. The number of hydrogen-bond acceptors (Lipinski definition) is 6. The van der Waals surface area contributed by atoms with Crippen molar-refractivity contribution < 1.29 is 38.2 Å². The summed E-state index contributed by atoms with van der Waals surface area (Å²) >= 11 is 0. The summed E-state index contributed by atoms with van der Waals surface area (Å²) in [4.78, 5) is 36.9. The van der Waals surface area contributed by atoms with Gasteiger partial charge in [-0.1, -0.05) is 152 Å². The number of carbonyl (C=O) groups is 3. The highest BCUT2D eigenvalue weighted by Gasteiger charge is 2.31. The molecule has 0 saturated heterocycles. The van der Waals surface area contributed by atoms with Crippen LogP contribution in [0.25, 0.3) is 0 Å². The van der Waals surface area contributed by atoms with Crippen LogP contribution in [0, 0.1) is 0 Å². The van der Waals surface area contributed by atoms with E-state index in [0.29, 0.717) is 19.3 Å². The van der Waals surface area contributed by atoms with Crippen molar-refractivity contribution in [2.45, 2.75) is 180 Å². The number of ether oxygens (including phenoxy) is 3. The molecular weight excluding hydrogens is 691 g/mol. The molecule has 0 aliphatic heterocycles. The Morgan fingerprint density at radius 1 is 0.564 bits per heavy atom. The number of allylic oxidation sites excluding steroid dienone is 10. The number of carbonyl (C=O) groups excluding carboxylic acids is 2. The van der Waals surface area contributed by atoms with E-state index in [2.05, 4.69) is 68.5 Å². The third kappa shape index (κ3) is 36.4. The van der Waals surface area contributed by atoms with Gasteiger partial charge in [-0.15, -0.1) is 0 Å². The van der Waals surface area contributed by atoms with Gasteiger partial charge in [-0.3, -0.25) is 9.59 Å². The zero-order valence-corrected chi connectivity index (χ0v) is 35.9. The monoisotopic (exact) mass is 773 g/mol. The van der Waals surface area contributed by atoms with Gasteiger partial charge in [0, 0.05) is 19.3 Å². The lowest BCUT2D eigenvalue weighted by Crippen LogP contribution is -2.50. The number of rotatable bonds is 38. The molecule has 2 atom stereocenters. The largest absolute Gasteiger partial charge is 0.477 e. The van der Waals surface area contributed by atoms with Crippen molar-refractivity contribution in [3.05, 3.63) is 60.8 Å². The van der Waals surface area contributed by atoms with Gasteiger partial charge >= 0.3 is 17.9 Å². The Labute approximate surface area is 337 Å². The van der Waals surface area contributed by atoms with E-state index in [4.69, 9.17) is 14.2 Å². The Kier molecular flexibility index (Phi) is 35.9. The van der Waals surface area contributed by atoms with Gasteiger partial charge in [0.25, 0.3) is 0 Å². The molecule has 8 heteroatoms. The van der Waals surface area contributed by atoms with Crippen molar-refractivity contribution in [1.29, 1.82) is 0 Å². The maximum absolute atomic E-state index is 12.7. The molecule has 0 bridgehead atoms. The summed E-state index contributed by atoms with van der Waals surface area (Å²) in [5.41, 5.74) is 0. The van der Waals surface area contributed by atoms with Crippen LogP contribution in [0.2, 0.25) is 0 Å². The van der Waals surface area contributed by atoms with Crippen molar-refractivity contribution in [3.63, 3.8) is 0 Å². The molecule has 0 aromatic heterocycles. The van der Waals surface area contributed by atoms with Crippen molar-refractivity contribution in [1.82, 2.24) is 0 Å². The minimum Gasteiger partial charge on any atom is -0.477 e. The lowest BCUT2D eigenvalue weighted by atomic mass is 10.1. The molecule has 1 N–H and O–H groups in total. The number of esters is 2. The fourth-order valence-corrected chi connectivity index (χ4v) is 6.03. The fourth-order valence-electron chi connectivity index (χ4n) is 6.03. The SMILES string of the molecule is CCCCCCC/C=C/C=C/C=C/CCCCCCCC(=O)OCC(COCCC(C(=O)O)[N+](C)(C)C)OC(=O)CC/C=C/C/C=C/CCCCCCCC. The van der Waals surface area contributed by atoms with Gasteiger partial charge in [0.05, 0.1) is 34.4 Å². The first-order valence-electron chi connectivity index (χ1n) is 21.9. The summed E-state index contributed by atoms with van der Waals surface area (Å²) in [5, 5.41) is 9.61. The van der Waals surface area contributed by atoms with Crippen LogP contribution < -0.4 is 0 Å². The number of carboxylic acid groups (broad SMARTS) is 1. The van der Waals surface area contributed by atoms with Crippen LogP contribution in [0.15, 0.2) is 60.8 Å². The first-order chi connectivity index (χ1) is 26.6. The molecule has 0 aliphatic rings. The molecule has 2 unspecified atom stereocenters. The smallest absolute Gasteiger partial charge is 0.362 e. The summed E-state index contributed by atoms with van der Waals surface area (Å²) in [5.74, 6) is -1.58. The number of nitrogens with zero attached hydrogens (tertiary/aromatic N) is 1. The number of unbranched alkanes of at least 4 members (excludes halogenated alkanes) is 16. The molecule has 0 spiro atoms. The number of likely N-dealkylation sites (N-methyl/N-ethyl adjacent to an activating group) is 1. The molecule has 0 rings (SSSR count). The molecule has 8 nitrogen and oxygen atoms in total. The third-order valence-electron chi connectivity index (χ3n) is 9.46. The minimum absolute atomic E-state index is 0.0296. The van der Waals surface area contributed by atoms with Crippen LogP contribution in [-0.2, 0) is 28.6 Å². The van der Waals surface area contributed by atoms with Crippen LogP contribution in [-0.4, -0.2) is 80.6 Å². The molecule has 0 fully saturated rings. The Morgan fingerprint density at radius 3 is 1.62 bits per heavy atom. The average molecular weight is 773 g/mol. The fraction of sp³-hybridized carbons (Fsp3) is 0.723. The number of hydrogen-bond donors (Lipinski definition) is 1. The van der Waals surface area contributed by atoms with E-state index in [1.54, 1.807) is 0 Å². The van der Waals surface area contributed by atoms with Crippen LogP contribution >= 0.6 is 0 Å². The maximum Gasteiger partial charge on any atom is 0.362 e. The zero-order chi connectivity index (χ0) is 40.7. The Balaban J connectivity index is 4.46. The Hall–Kier alpha value is -2.97. The van der Waals surface area contributed by atoms with E-state index >= 15 is 0 Å². The molecule has 0 heterocycles. The molecule has 0 aromatic carbocycles. The summed E-state index contributed by atoms with van der Waals surface area (Å²) in [6, 6.07) is -0.628. The molecule has 0 aliphatic carbocycles. The Bertz CT molecular complexity index is 1090. The van der Waals surface area contributed by atoms with Gasteiger partial charge in [-0.05, 0) is 57.8 Å². The topological polar surface area (TPSA) is 99.1 Å². The lowest BCUT2D eigenvalue weighted by Gasteiger charge is -2.31. The molecule has 0 aromatic rings. The summed E-state index contributed by atoms with van der Waals surface area (Å²) < 4.78 is 17.2. The maximum atomic E-state index is 12.7. The van der Waals surface area contributed by atoms with Gasteiger partial charge in [0.1, 0.15) is 6.61 Å². The first-order valence-corrected chi connectivity index (χ1v) is 21.9. The van der Waals surface area contributed by atoms with Gasteiger partial charge in [0.15, 0.2) is 12.1 Å². The highest BCUT2D eigenvalue weighted by atomic mass is 16.6. The first kappa shape index (κ1) is 52.0. The molecule has 0 radical (unpaired) electrons. The van der Waals surface area contributed by atoms with E-state index in [1.807, 2.05) is 27.2 Å². The highest BCUT2D eigenvalue weighted by Crippen LogP contribution is 2.12. The van der Waals surface area contributed by atoms with Gasteiger partial charge in [0.2, 0.25) is 0 Å². The third-order valence-corrected chi connectivity index (χ3v) is 9.46. The summed E-state index contributed by atoms with van der Waals surface area (Å²) in [6.45, 7) is 4.61. The van der Waals surface area contributed by atoms with Crippen LogP contribution in [0.3, 0.4) is 0 Å².